The Labute approximate surface area is 115 Å². The number of aryl methyl sites for hydroxylation is 1. The summed E-state index contributed by atoms with van der Waals surface area (Å²) in [4.78, 5) is 12.2. The van der Waals surface area contributed by atoms with Gasteiger partial charge < -0.3 is 10.1 Å². The summed E-state index contributed by atoms with van der Waals surface area (Å²) in [5.74, 6) is 0.105. The van der Waals surface area contributed by atoms with Crippen LogP contribution >= 0.6 is 0 Å². The van der Waals surface area contributed by atoms with E-state index in [1.807, 2.05) is 31.2 Å². The first-order valence-corrected chi connectivity index (χ1v) is 6.91. The summed E-state index contributed by atoms with van der Waals surface area (Å²) in [5, 5.41) is 3.18. The molecule has 1 aliphatic carbocycles. The highest BCUT2D eigenvalue weighted by atomic mass is 16.5. The predicted molar refractivity (Wildman–Crippen MR) is 76.1 cm³/mol. The van der Waals surface area contributed by atoms with Crippen molar-refractivity contribution in [1.29, 1.82) is 0 Å². The van der Waals surface area contributed by atoms with Crippen LogP contribution in [0.4, 0.5) is 0 Å². The number of nitrogens with one attached hydrogen (secondary N) is 1. The zero-order valence-corrected chi connectivity index (χ0v) is 12.0. The second kappa shape index (κ2) is 5.74. The molecule has 104 valence electrons. The van der Waals surface area contributed by atoms with Crippen molar-refractivity contribution in [2.75, 3.05) is 7.11 Å². The van der Waals surface area contributed by atoms with Crippen molar-refractivity contribution in [3.05, 3.63) is 35.4 Å². The fourth-order valence-corrected chi connectivity index (χ4v) is 2.86. The van der Waals surface area contributed by atoms with Crippen LogP contribution in [0.2, 0.25) is 0 Å². The standard InChI is InChI=1S/C16H23NO2/c1-12-6-4-5-7-13(12)10-15(18)17-16(2)9-8-14(11-16)19-3/h4-7,14H,8-11H2,1-3H3,(H,17,18). The Balaban J connectivity index is 1.93. The first-order chi connectivity index (χ1) is 9.02. The average Bonchev–Trinajstić information content (AvgIpc) is 2.73. The lowest BCUT2D eigenvalue weighted by atomic mass is 9.99. The van der Waals surface area contributed by atoms with E-state index in [0.717, 1.165) is 24.8 Å². The molecule has 1 fully saturated rings. The van der Waals surface area contributed by atoms with Crippen LogP contribution in [0.1, 0.15) is 37.3 Å². The minimum absolute atomic E-state index is 0.105. The smallest absolute Gasteiger partial charge is 0.224 e. The number of rotatable bonds is 4. The summed E-state index contributed by atoms with van der Waals surface area (Å²) in [7, 11) is 1.74. The molecule has 0 heterocycles. The topological polar surface area (TPSA) is 38.3 Å². The van der Waals surface area contributed by atoms with Gasteiger partial charge in [0.15, 0.2) is 0 Å². The third kappa shape index (κ3) is 3.57. The summed E-state index contributed by atoms with van der Waals surface area (Å²) in [6.07, 6.45) is 3.66. The molecule has 2 unspecified atom stereocenters. The van der Waals surface area contributed by atoms with Gasteiger partial charge in [-0.05, 0) is 44.2 Å². The van der Waals surface area contributed by atoms with Crippen molar-refractivity contribution in [2.24, 2.45) is 0 Å². The summed E-state index contributed by atoms with van der Waals surface area (Å²) in [5.41, 5.74) is 2.16. The molecule has 1 saturated carbocycles. The van der Waals surface area contributed by atoms with Crippen molar-refractivity contribution in [3.8, 4) is 0 Å². The molecule has 1 aliphatic rings. The Morgan fingerprint density at radius 2 is 2.21 bits per heavy atom. The highest BCUT2D eigenvalue weighted by Gasteiger charge is 2.36. The molecule has 2 atom stereocenters. The van der Waals surface area contributed by atoms with Crippen molar-refractivity contribution < 1.29 is 9.53 Å². The van der Waals surface area contributed by atoms with Gasteiger partial charge in [0.1, 0.15) is 0 Å². The third-order valence-corrected chi connectivity index (χ3v) is 4.08. The molecule has 0 aromatic heterocycles. The lowest BCUT2D eigenvalue weighted by molar-refractivity contribution is -0.122. The maximum Gasteiger partial charge on any atom is 0.224 e. The maximum atomic E-state index is 12.2. The van der Waals surface area contributed by atoms with E-state index in [-0.39, 0.29) is 17.6 Å². The molecular weight excluding hydrogens is 238 g/mol. The first-order valence-electron chi connectivity index (χ1n) is 6.91. The largest absolute Gasteiger partial charge is 0.381 e. The van der Waals surface area contributed by atoms with Gasteiger partial charge in [-0.1, -0.05) is 24.3 Å². The minimum atomic E-state index is -0.111. The molecule has 0 radical (unpaired) electrons. The number of ether oxygens (including phenoxy) is 1. The summed E-state index contributed by atoms with van der Waals surface area (Å²) >= 11 is 0. The summed E-state index contributed by atoms with van der Waals surface area (Å²) < 4.78 is 5.37. The molecule has 3 heteroatoms. The highest BCUT2D eigenvalue weighted by Crippen LogP contribution is 2.31. The lowest BCUT2D eigenvalue weighted by Gasteiger charge is -2.26. The van der Waals surface area contributed by atoms with Gasteiger partial charge in [0, 0.05) is 12.6 Å². The number of hydrogen-bond donors (Lipinski definition) is 1. The Kier molecular flexibility index (Phi) is 4.25. The molecule has 1 N–H and O–H groups in total. The molecule has 0 spiro atoms. The van der Waals surface area contributed by atoms with Crippen molar-refractivity contribution in [2.45, 2.75) is 51.2 Å². The van der Waals surface area contributed by atoms with Crippen LogP contribution < -0.4 is 5.32 Å². The third-order valence-electron chi connectivity index (χ3n) is 4.08. The monoisotopic (exact) mass is 261 g/mol. The number of hydrogen-bond acceptors (Lipinski definition) is 2. The van der Waals surface area contributed by atoms with E-state index in [1.54, 1.807) is 7.11 Å². The zero-order chi connectivity index (χ0) is 13.9. The molecule has 19 heavy (non-hydrogen) atoms. The Morgan fingerprint density at radius 3 is 2.84 bits per heavy atom. The zero-order valence-electron chi connectivity index (χ0n) is 12.0. The van der Waals surface area contributed by atoms with Crippen LogP contribution in [0.3, 0.4) is 0 Å². The van der Waals surface area contributed by atoms with Gasteiger partial charge in [-0.2, -0.15) is 0 Å². The van der Waals surface area contributed by atoms with E-state index >= 15 is 0 Å². The molecule has 1 aromatic rings. The van der Waals surface area contributed by atoms with Gasteiger partial charge in [-0.15, -0.1) is 0 Å². The molecule has 3 nitrogen and oxygen atoms in total. The number of carbonyl (C=O) groups excluding carboxylic acids is 1. The molecule has 2 rings (SSSR count). The lowest BCUT2D eigenvalue weighted by Crippen LogP contribution is -2.45. The van der Waals surface area contributed by atoms with Crippen molar-refractivity contribution in [1.82, 2.24) is 5.32 Å². The van der Waals surface area contributed by atoms with Crippen LogP contribution in [0.5, 0.6) is 0 Å². The fraction of sp³-hybridized carbons (Fsp3) is 0.562. The van der Waals surface area contributed by atoms with E-state index in [1.165, 1.54) is 5.56 Å². The number of amides is 1. The normalized spacial score (nSPS) is 26.4. The second-order valence-corrected chi connectivity index (χ2v) is 5.81. The molecule has 0 aliphatic heterocycles. The van der Waals surface area contributed by atoms with E-state index in [9.17, 15) is 4.79 Å². The van der Waals surface area contributed by atoms with E-state index < -0.39 is 0 Å². The van der Waals surface area contributed by atoms with Crippen molar-refractivity contribution >= 4 is 5.91 Å². The molecule has 0 bridgehead atoms. The quantitative estimate of drug-likeness (QED) is 0.904. The highest BCUT2D eigenvalue weighted by molar-refractivity contribution is 5.79. The fourth-order valence-electron chi connectivity index (χ4n) is 2.86. The van der Waals surface area contributed by atoms with E-state index in [2.05, 4.69) is 12.2 Å². The molecule has 1 amide bonds. The number of carbonyl (C=O) groups is 1. The predicted octanol–water partition coefficient (Wildman–Crippen LogP) is 2.61. The van der Waals surface area contributed by atoms with Crippen LogP contribution in [-0.2, 0) is 16.0 Å². The minimum Gasteiger partial charge on any atom is -0.381 e. The SMILES string of the molecule is COC1CCC(C)(NC(=O)Cc2ccccc2C)C1. The van der Waals surface area contributed by atoms with E-state index in [0.29, 0.717) is 6.42 Å². The van der Waals surface area contributed by atoms with Gasteiger partial charge in [0.05, 0.1) is 12.5 Å². The Bertz CT molecular complexity index is 458. The van der Waals surface area contributed by atoms with Crippen LogP contribution in [-0.4, -0.2) is 24.7 Å². The first kappa shape index (κ1) is 14.1. The van der Waals surface area contributed by atoms with E-state index in [4.69, 9.17) is 4.74 Å². The Morgan fingerprint density at radius 1 is 1.47 bits per heavy atom. The molecule has 1 aromatic carbocycles. The van der Waals surface area contributed by atoms with Gasteiger partial charge in [0.25, 0.3) is 0 Å². The summed E-state index contributed by atoms with van der Waals surface area (Å²) in [6.45, 7) is 4.16. The average molecular weight is 261 g/mol. The van der Waals surface area contributed by atoms with Gasteiger partial charge in [-0.3, -0.25) is 4.79 Å². The number of methoxy groups -OCH3 is 1. The van der Waals surface area contributed by atoms with Crippen LogP contribution in [0.25, 0.3) is 0 Å². The van der Waals surface area contributed by atoms with Crippen LogP contribution in [0, 0.1) is 6.92 Å². The van der Waals surface area contributed by atoms with Gasteiger partial charge in [-0.25, -0.2) is 0 Å². The molecule has 0 saturated heterocycles. The number of benzene rings is 1. The maximum absolute atomic E-state index is 12.2. The van der Waals surface area contributed by atoms with Gasteiger partial charge in [0.2, 0.25) is 5.91 Å². The van der Waals surface area contributed by atoms with Crippen molar-refractivity contribution in [3.63, 3.8) is 0 Å². The van der Waals surface area contributed by atoms with Crippen LogP contribution in [0.15, 0.2) is 24.3 Å². The van der Waals surface area contributed by atoms with Gasteiger partial charge >= 0.3 is 0 Å². The second-order valence-electron chi connectivity index (χ2n) is 5.81. The Hall–Kier alpha value is -1.35. The molecular formula is C16H23NO2. The summed E-state index contributed by atoms with van der Waals surface area (Å²) in [6, 6.07) is 8.04.